The van der Waals surface area contributed by atoms with Crippen LogP contribution in [0.1, 0.15) is 16.7 Å². The van der Waals surface area contributed by atoms with E-state index in [1.54, 1.807) is 48.3 Å². The lowest BCUT2D eigenvalue weighted by Gasteiger charge is -2.61. The highest BCUT2D eigenvalue weighted by Gasteiger charge is 2.48. The molecule has 0 aliphatic carbocycles. The van der Waals surface area contributed by atoms with Gasteiger partial charge in [0.05, 0.1) is 26.4 Å². The van der Waals surface area contributed by atoms with Crippen molar-refractivity contribution >= 4 is 11.9 Å². The van der Waals surface area contributed by atoms with Crippen molar-refractivity contribution in [1.82, 2.24) is 30.4 Å². The number of aromatic hydroxyl groups is 1. The molecule has 2 aliphatic heterocycles. The van der Waals surface area contributed by atoms with E-state index in [0.29, 0.717) is 16.3 Å². The first-order valence-electron chi connectivity index (χ1n) is 13.8. The number of piperazine rings is 1. The molecule has 5 rings (SSSR count). The maximum Gasteiger partial charge on any atom is 0.333 e. The highest BCUT2D eigenvalue weighted by molar-refractivity contribution is 5.83. The zero-order valence-electron chi connectivity index (χ0n) is 23.6. The van der Waals surface area contributed by atoms with Crippen LogP contribution in [0.3, 0.4) is 0 Å². The molecule has 0 spiro atoms. The number of hydrazine groups is 2. The van der Waals surface area contributed by atoms with Gasteiger partial charge in [-0.1, -0.05) is 36.4 Å². The van der Waals surface area contributed by atoms with E-state index in [1.165, 1.54) is 51.4 Å². The zero-order valence-corrected chi connectivity index (χ0v) is 23.6. The second-order valence-corrected chi connectivity index (χ2v) is 10.5. The van der Waals surface area contributed by atoms with E-state index in [1.807, 2.05) is 0 Å². The summed E-state index contributed by atoms with van der Waals surface area (Å²) in [5, 5.41) is 30.8. The predicted molar refractivity (Wildman–Crippen MR) is 152 cm³/mol. The Hall–Kier alpha value is -4.14. The smallest absolute Gasteiger partial charge is 0.333 e. The van der Waals surface area contributed by atoms with Crippen LogP contribution in [0.2, 0.25) is 0 Å². The van der Waals surface area contributed by atoms with E-state index in [0.717, 1.165) is 5.56 Å². The Kier molecular flexibility index (Phi) is 9.48. The fourth-order valence-electron chi connectivity index (χ4n) is 5.32. The van der Waals surface area contributed by atoms with Crippen LogP contribution in [0.5, 0.6) is 5.75 Å². The minimum Gasteiger partial charge on any atom is -0.770 e. The van der Waals surface area contributed by atoms with Gasteiger partial charge in [-0.05, 0) is 59.5 Å². The number of amides is 3. The van der Waals surface area contributed by atoms with Crippen molar-refractivity contribution in [2.75, 3.05) is 33.4 Å². The van der Waals surface area contributed by atoms with Gasteiger partial charge in [-0.3, -0.25) is 4.79 Å². The number of rotatable bonds is 9. The van der Waals surface area contributed by atoms with E-state index < -0.39 is 18.2 Å². The van der Waals surface area contributed by atoms with Crippen LogP contribution in [0.4, 0.5) is 13.6 Å². The summed E-state index contributed by atoms with van der Waals surface area (Å²) >= 11 is 0. The lowest BCUT2D eigenvalue weighted by atomic mass is 10.0. The molecule has 2 aliphatic rings. The first-order chi connectivity index (χ1) is 20.7. The Morgan fingerprint density at radius 3 is 2.47 bits per heavy atom. The van der Waals surface area contributed by atoms with Gasteiger partial charge >= 0.3 is 6.03 Å². The Morgan fingerprint density at radius 1 is 1.02 bits per heavy atom. The van der Waals surface area contributed by atoms with E-state index in [-0.39, 0.29) is 69.2 Å². The number of hydrogen-bond donors (Lipinski definition) is 2. The second kappa shape index (κ2) is 13.4. The molecule has 2 atom stereocenters. The molecule has 2 heterocycles. The molecule has 13 heteroatoms. The molecule has 3 amide bonds. The van der Waals surface area contributed by atoms with Gasteiger partial charge < -0.3 is 30.4 Å². The molecule has 2 N–H and O–H groups in total. The summed E-state index contributed by atoms with van der Waals surface area (Å²) in [5.41, 5.74) is 2.07. The van der Waals surface area contributed by atoms with Crippen molar-refractivity contribution in [3.05, 3.63) is 106 Å². The summed E-state index contributed by atoms with van der Waals surface area (Å²) in [6, 6.07) is 16.7. The molecule has 2 fully saturated rings. The number of hydrogen-bond acceptors (Lipinski definition) is 8. The van der Waals surface area contributed by atoms with E-state index >= 15 is 0 Å². The quantitative estimate of drug-likeness (QED) is 0.363. The Labute approximate surface area is 248 Å². The molecule has 228 valence electrons. The minimum atomic E-state index is -0.940. The number of ether oxygens (including phenoxy) is 1. The molecule has 0 aromatic heterocycles. The van der Waals surface area contributed by atoms with Crippen molar-refractivity contribution in [2.45, 2.75) is 31.8 Å². The van der Waals surface area contributed by atoms with Gasteiger partial charge in [0.25, 0.3) is 0 Å². The number of carbonyl (C=O) groups excluding carboxylic acids is 2. The summed E-state index contributed by atoms with van der Waals surface area (Å²) in [6.07, 6.45) is -0.684. The maximum absolute atomic E-state index is 13.8. The van der Waals surface area contributed by atoms with Crippen LogP contribution in [0, 0.1) is 16.8 Å². The van der Waals surface area contributed by atoms with E-state index in [2.05, 4.69) is 5.32 Å². The van der Waals surface area contributed by atoms with Crippen LogP contribution in [0.25, 0.3) is 0 Å². The third-order valence-corrected chi connectivity index (χ3v) is 7.43. The van der Waals surface area contributed by atoms with Crippen LogP contribution < -0.4 is 5.32 Å². The summed E-state index contributed by atoms with van der Waals surface area (Å²) in [7, 11) is 1.61. The standard InChI is InChI=1S/C30H33F2N6O5/c1-34-20-36(42)37-27(16-21-7-11-26(39)12-8-21)29(40)35(13-14-43-19-23-3-2-4-25(32)15-23)18-28(37)38(34)30(41)33-17-22-5-9-24(31)10-6-22/h2-12,15,27-28,39H,13-14,16-20H2,1H3,(H,33,41)/q-1/t27-,28-/m0/s1. The second-order valence-electron chi connectivity index (χ2n) is 10.5. The molecular weight excluding hydrogens is 562 g/mol. The molecule has 0 bridgehead atoms. The van der Waals surface area contributed by atoms with Crippen LogP contribution in [-0.4, -0.2) is 87.8 Å². The van der Waals surface area contributed by atoms with Crippen molar-refractivity contribution in [3.63, 3.8) is 0 Å². The molecule has 0 saturated carbocycles. The number of urea groups is 1. The number of hydroxylamine groups is 1. The van der Waals surface area contributed by atoms with Crippen molar-refractivity contribution < 1.29 is 28.2 Å². The van der Waals surface area contributed by atoms with E-state index in [9.17, 15) is 28.7 Å². The molecular formula is C30H33F2N6O5-. The number of phenolic OH excluding ortho intramolecular Hbond substituents is 1. The third-order valence-electron chi connectivity index (χ3n) is 7.43. The van der Waals surface area contributed by atoms with Gasteiger partial charge in [0.15, 0.2) is 0 Å². The van der Waals surface area contributed by atoms with Gasteiger partial charge in [0, 0.05) is 20.1 Å². The van der Waals surface area contributed by atoms with Gasteiger partial charge in [0.1, 0.15) is 29.6 Å². The molecule has 3 aromatic carbocycles. The SMILES string of the molecule is CN1CN([O-])N2[C@H](CN(CCOCc3cccc(F)c3)C(=O)[C@@H]2Cc2ccc(O)cc2)N1C(=O)NCc1ccc(F)cc1. The average Bonchev–Trinajstić information content (AvgIpc) is 2.98. The predicted octanol–water partition coefficient (Wildman–Crippen LogP) is 3.01. The molecule has 0 unspecified atom stereocenters. The number of halogens is 2. The van der Waals surface area contributed by atoms with Crippen molar-refractivity contribution in [1.29, 1.82) is 0 Å². The van der Waals surface area contributed by atoms with Crippen molar-refractivity contribution in [2.24, 2.45) is 0 Å². The first kappa shape index (κ1) is 30.3. The highest BCUT2D eigenvalue weighted by Crippen LogP contribution is 2.29. The number of fused-ring (bicyclic) bond motifs is 1. The number of nitrogens with zero attached hydrogens (tertiary/aromatic N) is 5. The Bertz CT molecular complexity index is 1410. The van der Waals surface area contributed by atoms with Crippen LogP contribution in [0.15, 0.2) is 72.8 Å². The number of phenols is 1. The summed E-state index contributed by atoms with van der Waals surface area (Å²) < 4.78 is 32.6. The average molecular weight is 596 g/mol. The first-order valence-corrected chi connectivity index (χ1v) is 13.8. The van der Waals surface area contributed by atoms with Gasteiger partial charge in [-0.2, -0.15) is 0 Å². The largest absolute Gasteiger partial charge is 0.770 e. The fourth-order valence-corrected chi connectivity index (χ4v) is 5.32. The zero-order chi connectivity index (χ0) is 30.5. The molecule has 2 saturated heterocycles. The topological polar surface area (TPSA) is 115 Å². The number of nitrogens with one attached hydrogen (secondary N) is 1. The minimum absolute atomic E-state index is 0.0291. The Morgan fingerprint density at radius 2 is 1.74 bits per heavy atom. The van der Waals surface area contributed by atoms with Crippen molar-refractivity contribution in [3.8, 4) is 5.75 Å². The number of benzene rings is 3. The molecule has 0 radical (unpaired) electrons. The Balaban J connectivity index is 1.35. The summed E-state index contributed by atoms with van der Waals surface area (Å²) in [6.45, 7) is 0.441. The maximum atomic E-state index is 13.8. The lowest BCUT2D eigenvalue weighted by Crippen LogP contribution is -2.77. The number of carbonyl (C=O) groups is 2. The summed E-state index contributed by atoms with van der Waals surface area (Å²) in [4.78, 5) is 28.9. The highest BCUT2D eigenvalue weighted by atomic mass is 19.1. The van der Waals surface area contributed by atoms with Gasteiger partial charge in [0.2, 0.25) is 5.91 Å². The third kappa shape index (κ3) is 7.27. The van der Waals surface area contributed by atoms with E-state index in [4.69, 9.17) is 4.74 Å². The molecule has 43 heavy (non-hydrogen) atoms. The molecule has 3 aromatic rings. The molecule has 11 nitrogen and oxygen atoms in total. The monoisotopic (exact) mass is 595 g/mol. The lowest BCUT2D eigenvalue weighted by molar-refractivity contribution is -0.247. The van der Waals surface area contributed by atoms with Crippen LogP contribution >= 0.6 is 0 Å². The fraction of sp³-hybridized carbons (Fsp3) is 0.333. The van der Waals surface area contributed by atoms with Gasteiger partial charge in [-0.15, -0.1) is 0 Å². The normalized spacial score (nSPS) is 19.9. The van der Waals surface area contributed by atoms with Crippen LogP contribution in [-0.2, 0) is 29.1 Å². The van der Waals surface area contributed by atoms with Gasteiger partial charge in [-0.25, -0.2) is 28.6 Å². The summed E-state index contributed by atoms with van der Waals surface area (Å²) in [5.74, 6) is -0.993.